The summed E-state index contributed by atoms with van der Waals surface area (Å²) >= 11 is 3.14. The number of piperazine rings is 1. The largest absolute Gasteiger partial charge is 0.354 e. The Balaban J connectivity index is 0.00000132. The molecule has 1 aliphatic heterocycles. The molecule has 0 spiro atoms. The van der Waals surface area contributed by atoms with Crippen LogP contribution in [0.4, 0.5) is 5.13 Å². The highest BCUT2D eigenvalue weighted by Crippen LogP contribution is 2.34. The highest BCUT2D eigenvalue weighted by Gasteiger charge is 2.29. The van der Waals surface area contributed by atoms with E-state index in [-0.39, 0.29) is 36.8 Å². The van der Waals surface area contributed by atoms with Crippen molar-refractivity contribution in [2.24, 2.45) is 0 Å². The van der Waals surface area contributed by atoms with Crippen molar-refractivity contribution >= 4 is 68.1 Å². The highest BCUT2D eigenvalue weighted by molar-refractivity contribution is 7.29. The predicted molar refractivity (Wildman–Crippen MR) is 104 cm³/mol. The summed E-state index contributed by atoms with van der Waals surface area (Å²) in [7, 11) is 3.97. The van der Waals surface area contributed by atoms with Gasteiger partial charge in [-0.05, 0) is 19.9 Å². The number of nitrogens with zero attached hydrogens (tertiary/aromatic N) is 3. The number of carbonyl (C=O) groups excluding carboxylic acids is 1. The highest BCUT2D eigenvalue weighted by atomic mass is 35.5. The van der Waals surface area contributed by atoms with Gasteiger partial charge in [0.05, 0.1) is 9.58 Å². The summed E-state index contributed by atoms with van der Waals surface area (Å²) in [6.45, 7) is 5.86. The van der Waals surface area contributed by atoms with Crippen LogP contribution in [-0.2, 0) is 0 Å². The van der Waals surface area contributed by atoms with Crippen LogP contribution in [0.15, 0.2) is 6.07 Å². The molecule has 0 radical (unpaired) electrons. The number of hydrogen-bond acceptors (Lipinski definition) is 6. The minimum Gasteiger partial charge on any atom is -0.354 e. The zero-order valence-corrected chi connectivity index (χ0v) is 16.8. The molecule has 23 heavy (non-hydrogen) atoms. The zero-order valence-electron chi connectivity index (χ0n) is 13.5. The number of amides is 1. The van der Waals surface area contributed by atoms with Crippen molar-refractivity contribution in [3.05, 3.63) is 10.9 Å². The van der Waals surface area contributed by atoms with Gasteiger partial charge in [0.25, 0.3) is 5.91 Å². The van der Waals surface area contributed by atoms with Gasteiger partial charge in [-0.15, -0.1) is 36.2 Å². The Bertz CT molecular complexity index is 641. The van der Waals surface area contributed by atoms with Crippen LogP contribution in [0.5, 0.6) is 0 Å². The molecule has 1 saturated heterocycles. The summed E-state index contributed by atoms with van der Waals surface area (Å²) in [5.41, 5.74) is 0. The van der Waals surface area contributed by atoms with Gasteiger partial charge in [-0.1, -0.05) is 11.3 Å². The second kappa shape index (κ2) is 7.98. The maximum Gasteiger partial charge on any atom is 0.264 e. The summed E-state index contributed by atoms with van der Waals surface area (Å²) in [6, 6.07) is 2.55. The van der Waals surface area contributed by atoms with Crippen LogP contribution in [0.25, 0.3) is 9.53 Å². The van der Waals surface area contributed by atoms with E-state index in [1.165, 1.54) is 11.3 Å². The second-order valence-corrected chi connectivity index (χ2v) is 7.69. The Hall–Kier alpha value is -0.600. The monoisotopic (exact) mass is 396 g/mol. The van der Waals surface area contributed by atoms with Crippen molar-refractivity contribution < 1.29 is 4.79 Å². The Morgan fingerprint density at radius 3 is 2.65 bits per heavy atom. The fourth-order valence-electron chi connectivity index (χ4n) is 2.51. The Labute approximate surface area is 156 Å². The first-order valence-electron chi connectivity index (χ1n) is 7.09. The molecule has 3 rings (SSSR count). The third kappa shape index (κ3) is 3.91. The van der Waals surface area contributed by atoms with Gasteiger partial charge in [0.2, 0.25) is 0 Å². The van der Waals surface area contributed by atoms with E-state index in [0.29, 0.717) is 6.04 Å². The van der Waals surface area contributed by atoms with Gasteiger partial charge in [-0.3, -0.25) is 4.79 Å². The standard InChI is InChI=1S/C14H20N4OS2.2ClH/c1-8-9(2)18(6-5-15-8)13(19)11-7-10-12(20-11)16-14(21-10)17(3)4;;/h7-9,15H,5-6H2,1-4H3;2*1H. The lowest BCUT2D eigenvalue weighted by Crippen LogP contribution is -2.57. The first-order valence-corrected chi connectivity index (χ1v) is 8.72. The number of nitrogens with one attached hydrogen (secondary N) is 1. The minimum atomic E-state index is 0. The van der Waals surface area contributed by atoms with Crippen LogP contribution < -0.4 is 10.2 Å². The summed E-state index contributed by atoms with van der Waals surface area (Å²) < 4.78 is 1.10. The van der Waals surface area contributed by atoms with Gasteiger partial charge >= 0.3 is 0 Å². The van der Waals surface area contributed by atoms with Crippen LogP contribution in [0.1, 0.15) is 23.5 Å². The van der Waals surface area contributed by atoms with Crippen molar-refractivity contribution in [1.29, 1.82) is 0 Å². The van der Waals surface area contributed by atoms with Crippen molar-refractivity contribution in [3.8, 4) is 0 Å². The van der Waals surface area contributed by atoms with E-state index >= 15 is 0 Å². The van der Waals surface area contributed by atoms with E-state index in [1.54, 1.807) is 11.3 Å². The average Bonchev–Trinajstić information content (AvgIpc) is 2.99. The molecule has 2 atom stereocenters. The van der Waals surface area contributed by atoms with Crippen LogP contribution in [0.2, 0.25) is 0 Å². The van der Waals surface area contributed by atoms with Gasteiger partial charge in [0.1, 0.15) is 4.83 Å². The van der Waals surface area contributed by atoms with Crippen LogP contribution in [-0.4, -0.2) is 55.1 Å². The molecule has 2 unspecified atom stereocenters. The molecule has 0 saturated carbocycles. The van der Waals surface area contributed by atoms with Gasteiger partial charge in [0, 0.05) is 39.3 Å². The summed E-state index contributed by atoms with van der Waals surface area (Å²) in [4.78, 5) is 23.0. The predicted octanol–water partition coefficient (Wildman–Crippen LogP) is 3.09. The molecule has 3 heterocycles. The van der Waals surface area contributed by atoms with Gasteiger partial charge in [-0.2, -0.15) is 0 Å². The first kappa shape index (κ1) is 20.4. The third-order valence-electron chi connectivity index (χ3n) is 3.97. The molecule has 2 aromatic heterocycles. The molecule has 1 amide bonds. The lowest BCUT2D eigenvalue weighted by Gasteiger charge is -2.38. The average molecular weight is 397 g/mol. The maximum atomic E-state index is 12.7. The van der Waals surface area contributed by atoms with E-state index in [1.807, 2.05) is 30.0 Å². The molecule has 2 aromatic rings. The quantitative estimate of drug-likeness (QED) is 0.846. The maximum absolute atomic E-state index is 12.7. The minimum absolute atomic E-state index is 0. The number of anilines is 1. The van der Waals surface area contributed by atoms with Crippen LogP contribution in [0.3, 0.4) is 0 Å². The van der Waals surface area contributed by atoms with Crippen molar-refractivity contribution in [3.63, 3.8) is 0 Å². The van der Waals surface area contributed by atoms with Crippen LogP contribution in [0, 0.1) is 0 Å². The number of fused-ring (bicyclic) bond motifs is 1. The van der Waals surface area contributed by atoms with E-state index in [4.69, 9.17) is 0 Å². The molecule has 9 heteroatoms. The zero-order chi connectivity index (χ0) is 15.1. The van der Waals surface area contributed by atoms with Crippen LogP contribution >= 0.6 is 47.5 Å². The van der Waals surface area contributed by atoms with Gasteiger partial charge in [-0.25, -0.2) is 4.98 Å². The number of rotatable bonds is 2. The topological polar surface area (TPSA) is 48.5 Å². The summed E-state index contributed by atoms with van der Waals surface area (Å²) in [6.07, 6.45) is 0. The molecule has 130 valence electrons. The molecule has 0 aromatic carbocycles. The molecule has 1 aliphatic rings. The molecule has 0 bridgehead atoms. The van der Waals surface area contributed by atoms with Gasteiger partial charge in [0.15, 0.2) is 5.13 Å². The smallest absolute Gasteiger partial charge is 0.264 e. The van der Waals surface area contributed by atoms with E-state index in [2.05, 4.69) is 24.1 Å². The van der Waals surface area contributed by atoms with Crippen molar-refractivity contribution in [2.45, 2.75) is 25.9 Å². The number of aromatic nitrogens is 1. The molecule has 5 nitrogen and oxygen atoms in total. The number of halogens is 2. The number of thiazole rings is 1. The SMILES string of the molecule is CC1NCCN(C(=O)c2cc3sc(N(C)C)nc3s2)C1C.Cl.Cl. The molecule has 1 fully saturated rings. The van der Waals surface area contributed by atoms with E-state index in [9.17, 15) is 4.79 Å². The normalized spacial score (nSPS) is 20.8. The lowest BCUT2D eigenvalue weighted by molar-refractivity contribution is 0.0608. The molecular formula is C14H22Cl2N4OS2. The fraction of sp³-hybridized carbons (Fsp3) is 0.571. The number of carbonyl (C=O) groups is 1. The van der Waals surface area contributed by atoms with Gasteiger partial charge < -0.3 is 15.1 Å². The summed E-state index contributed by atoms with van der Waals surface area (Å²) in [5, 5.41) is 4.39. The molecular weight excluding hydrogens is 375 g/mol. The fourth-order valence-corrected chi connectivity index (χ4v) is 4.59. The Kier molecular flexibility index (Phi) is 7.10. The molecule has 1 N–H and O–H groups in total. The Morgan fingerprint density at radius 2 is 2.04 bits per heavy atom. The van der Waals surface area contributed by atoms with E-state index < -0.39 is 0 Å². The second-order valence-electron chi connectivity index (χ2n) is 5.65. The van der Waals surface area contributed by atoms with E-state index in [0.717, 1.165) is 32.6 Å². The third-order valence-corrected chi connectivity index (χ3v) is 6.28. The lowest BCUT2D eigenvalue weighted by atomic mass is 10.1. The van der Waals surface area contributed by atoms with Crippen molar-refractivity contribution in [2.75, 3.05) is 32.1 Å². The summed E-state index contributed by atoms with van der Waals surface area (Å²) in [5.74, 6) is 0.137. The van der Waals surface area contributed by atoms with Crippen molar-refractivity contribution in [1.82, 2.24) is 15.2 Å². The number of thiophene rings is 1. The Morgan fingerprint density at radius 1 is 1.35 bits per heavy atom. The number of hydrogen-bond donors (Lipinski definition) is 1. The first-order chi connectivity index (χ1) is 9.97. The molecule has 0 aliphatic carbocycles.